The summed E-state index contributed by atoms with van der Waals surface area (Å²) >= 11 is 0. The number of carbonyl (C=O) groups is 2. The highest BCUT2D eigenvalue weighted by Gasteiger charge is 2.17. The van der Waals surface area contributed by atoms with Gasteiger partial charge in [0.2, 0.25) is 5.91 Å². The molecule has 2 rings (SSSR count). The van der Waals surface area contributed by atoms with Crippen molar-refractivity contribution < 1.29 is 27.1 Å². The number of aryl methyl sites for hydroxylation is 1. The van der Waals surface area contributed by atoms with Crippen molar-refractivity contribution in [2.45, 2.75) is 18.2 Å². The van der Waals surface area contributed by atoms with Crippen LogP contribution >= 0.6 is 0 Å². The Bertz CT molecular complexity index is 923. The molecule has 0 bridgehead atoms. The van der Waals surface area contributed by atoms with Crippen LogP contribution in [0, 0.1) is 12.7 Å². The lowest BCUT2D eigenvalue weighted by Crippen LogP contribution is -2.18. The average Bonchev–Trinajstić information content (AvgIpc) is 2.61. The molecule has 0 saturated heterocycles. The van der Waals surface area contributed by atoms with Crippen molar-refractivity contribution in [3.63, 3.8) is 0 Å². The Morgan fingerprint density at radius 3 is 2.38 bits per heavy atom. The van der Waals surface area contributed by atoms with E-state index >= 15 is 0 Å². The van der Waals surface area contributed by atoms with Gasteiger partial charge in [0.15, 0.2) is 9.84 Å². The molecule has 8 heteroatoms. The lowest BCUT2D eigenvalue weighted by atomic mass is 10.1. The normalized spacial score (nSPS) is 11.0. The number of hydrogen-bond donors (Lipinski definition) is 1. The quantitative estimate of drug-likeness (QED) is 0.616. The van der Waals surface area contributed by atoms with Gasteiger partial charge < -0.3 is 10.1 Å². The van der Waals surface area contributed by atoms with Crippen LogP contribution in [0.25, 0.3) is 0 Å². The lowest BCUT2D eigenvalue weighted by Gasteiger charge is -2.10. The Morgan fingerprint density at radius 2 is 1.77 bits per heavy atom. The molecule has 1 N–H and O–H groups in total. The maximum atomic E-state index is 12.9. The zero-order valence-electron chi connectivity index (χ0n) is 14.3. The Hall–Kier alpha value is -2.74. The first kappa shape index (κ1) is 19.6. The van der Waals surface area contributed by atoms with Crippen molar-refractivity contribution in [3.05, 3.63) is 59.4 Å². The smallest absolute Gasteiger partial charge is 0.337 e. The molecule has 0 aliphatic heterocycles. The molecule has 0 radical (unpaired) electrons. The van der Waals surface area contributed by atoms with E-state index in [2.05, 4.69) is 10.1 Å². The van der Waals surface area contributed by atoms with Crippen LogP contribution in [0.1, 0.15) is 22.3 Å². The van der Waals surface area contributed by atoms with E-state index in [1.165, 1.54) is 13.2 Å². The number of amides is 1. The van der Waals surface area contributed by atoms with Crippen molar-refractivity contribution in [3.8, 4) is 0 Å². The SMILES string of the molecule is COC(=O)c1ccc(C)c(NC(=O)CCS(=O)(=O)c2ccc(F)cc2)c1. The minimum Gasteiger partial charge on any atom is -0.465 e. The minimum absolute atomic E-state index is 0.0458. The molecule has 0 heterocycles. The van der Waals surface area contributed by atoms with Crippen molar-refractivity contribution in [1.29, 1.82) is 0 Å². The predicted octanol–water partition coefficient (Wildman–Crippen LogP) is 2.72. The number of sulfone groups is 1. The summed E-state index contributed by atoms with van der Waals surface area (Å²) in [6, 6.07) is 9.10. The number of rotatable bonds is 6. The molecule has 138 valence electrons. The summed E-state index contributed by atoms with van der Waals surface area (Å²) in [5.74, 6) is -2.01. The second-order valence-corrected chi connectivity index (χ2v) is 7.70. The standard InChI is InChI=1S/C18H18FNO5S/c1-12-3-4-13(18(22)25-2)11-16(12)20-17(21)9-10-26(23,24)15-7-5-14(19)6-8-15/h3-8,11H,9-10H2,1-2H3,(H,20,21). The first-order valence-corrected chi connectivity index (χ1v) is 9.35. The molecular formula is C18H18FNO5S. The van der Waals surface area contributed by atoms with Gasteiger partial charge in [-0.1, -0.05) is 6.07 Å². The highest BCUT2D eigenvalue weighted by atomic mass is 32.2. The first-order valence-electron chi connectivity index (χ1n) is 7.70. The van der Waals surface area contributed by atoms with Gasteiger partial charge in [-0.3, -0.25) is 4.79 Å². The summed E-state index contributed by atoms with van der Waals surface area (Å²) in [5, 5.41) is 2.59. The zero-order chi connectivity index (χ0) is 19.3. The first-order chi connectivity index (χ1) is 12.2. The van der Waals surface area contributed by atoms with Crippen LogP contribution < -0.4 is 5.32 Å². The topological polar surface area (TPSA) is 89.5 Å². The van der Waals surface area contributed by atoms with E-state index in [4.69, 9.17) is 0 Å². The molecule has 26 heavy (non-hydrogen) atoms. The number of esters is 1. The summed E-state index contributed by atoms with van der Waals surface area (Å²) in [4.78, 5) is 23.6. The van der Waals surface area contributed by atoms with E-state index in [9.17, 15) is 22.4 Å². The molecule has 6 nitrogen and oxygen atoms in total. The van der Waals surface area contributed by atoms with Gasteiger partial charge in [0.05, 0.1) is 23.3 Å². The van der Waals surface area contributed by atoms with Crippen LogP contribution in [0.3, 0.4) is 0 Å². The molecule has 0 atom stereocenters. The van der Waals surface area contributed by atoms with Crippen LogP contribution in [0.5, 0.6) is 0 Å². The second kappa shape index (κ2) is 8.09. The van der Waals surface area contributed by atoms with E-state index in [0.717, 1.165) is 24.3 Å². The fraction of sp³-hybridized carbons (Fsp3) is 0.222. The van der Waals surface area contributed by atoms with Crippen molar-refractivity contribution >= 4 is 27.4 Å². The van der Waals surface area contributed by atoms with Gasteiger partial charge in [-0.25, -0.2) is 17.6 Å². The fourth-order valence-electron chi connectivity index (χ4n) is 2.20. The summed E-state index contributed by atoms with van der Waals surface area (Å²) in [5.41, 5.74) is 1.39. The molecule has 0 saturated carbocycles. The van der Waals surface area contributed by atoms with E-state index in [1.807, 2.05) is 0 Å². The van der Waals surface area contributed by atoms with Gasteiger partial charge in [-0.05, 0) is 48.9 Å². The summed E-state index contributed by atoms with van der Waals surface area (Å²) in [6.07, 6.45) is -0.276. The van der Waals surface area contributed by atoms with E-state index < -0.39 is 33.3 Å². The average molecular weight is 379 g/mol. The largest absolute Gasteiger partial charge is 0.465 e. The fourth-order valence-corrected chi connectivity index (χ4v) is 3.44. The number of carbonyl (C=O) groups excluding carboxylic acids is 2. The number of hydrogen-bond acceptors (Lipinski definition) is 5. The molecule has 0 aromatic heterocycles. The molecule has 0 aliphatic carbocycles. The highest BCUT2D eigenvalue weighted by Crippen LogP contribution is 2.18. The van der Waals surface area contributed by atoms with Gasteiger partial charge in [0.25, 0.3) is 0 Å². The summed E-state index contributed by atoms with van der Waals surface area (Å²) < 4.78 is 41.9. The Morgan fingerprint density at radius 1 is 1.12 bits per heavy atom. The molecule has 0 spiro atoms. The number of benzene rings is 2. The van der Waals surface area contributed by atoms with Gasteiger partial charge >= 0.3 is 5.97 Å². The van der Waals surface area contributed by atoms with Gasteiger partial charge in [0.1, 0.15) is 5.82 Å². The predicted molar refractivity (Wildman–Crippen MR) is 94.2 cm³/mol. The summed E-state index contributed by atoms with van der Waals surface area (Å²) in [6.45, 7) is 1.74. The number of anilines is 1. The Labute approximate surface area is 150 Å². The van der Waals surface area contributed by atoms with E-state index in [1.54, 1.807) is 19.1 Å². The molecule has 0 fully saturated rings. The third-order valence-corrected chi connectivity index (χ3v) is 5.44. The lowest BCUT2D eigenvalue weighted by molar-refractivity contribution is -0.115. The minimum atomic E-state index is -3.70. The van der Waals surface area contributed by atoms with Crippen LogP contribution in [-0.2, 0) is 19.4 Å². The third-order valence-electron chi connectivity index (χ3n) is 3.70. The number of nitrogens with one attached hydrogen (secondary N) is 1. The summed E-state index contributed by atoms with van der Waals surface area (Å²) in [7, 11) is -2.45. The van der Waals surface area contributed by atoms with Gasteiger partial charge in [-0.15, -0.1) is 0 Å². The zero-order valence-corrected chi connectivity index (χ0v) is 15.1. The molecule has 2 aromatic rings. The van der Waals surface area contributed by atoms with Crippen molar-refractivity contribution in [1.82, 2.24) is 0 Å². The van der Waals surface area contributed by atoms with Crippen LogP contribution in [-0.4, -0.2) is 33.2 Å². The van der Waals surface area contributed by atoms with Gasteiger partial charge in [-0.2, -0.15) is 0 Å². The van der Waals surface area contributed by atoms with Crippen LogP contribution in [0.2, 0.25) is 0 Å². The molecular weight excluding hydrogens is 361 g/mol. The maximum absolute atomic E-state index is 12.9. The van der Waals surface area contributed by atoms with Gasteiger partial charge in [0, 0.05) is 12.1 Å². The highest BCUT2D eigenvalue weighted by molar-refractivity contribution is 7.91. The molecule has 1 amide bonds. The monoisotopic (exact) mass is 379 g/mol. The maximum Gasteiger partial charge on any atom is 0.337 e. The van der Waals surface area contributed by atoms with E-state index in [-0.39, 0.29) is 16.9 Å². The van der Waals surface area contributed by atoms with Crippen LogP contribution in [0.4, 0.5) is 10.1 Å². The van der Waals surface area contributed by atoms with Crippen molar-refractivity contribution in [2.75, 3.05) is 18.2 Å². The molecule has 0 unspecified atom stereocenters. The van der Waals surface area contributed by atoms with Crippen molar-refractivity contribution in [2.24, 2.45) is 0 Å². The third kappa shape index (κ3) is 4.89. The number of halogens is 1. The van der Waals surface area contributed by atoms with E-state index in [0.29, 0.717) is 11.3 Å². The van der Waals surface area contributed by atoms with Crippen LogP contribution in [0.15, 0.2) is 47.4 Å². The molecule has 0 aliphatic rings. The number of ether oxygens (including phenoxy) is 1. The Balaban J connectivity index is 2.05. The molecule has 2 aromatic carbocycles. The Kier molecular flexibility index (Phi) is 6.10. The second-order valence-electron chi connectivity index (χ2n) is 5.59. The number of methoxy groups -OCH3 is 1.